The molecule has 1 aliphatic rings. The van der Waals surface area contributed by atoms with E-state index in [1.165, 1.54) is 15.6 Å². The largest absolute Gasteiger partial charge is 0.326 e. The normalized spacial score (nSPS) is 27.4. The average Bonchev–Trinajstić information content (AvgIpc) is 2.75. The van der Waals surface area contributed by atoms with Crippen LogP contribution in [-0.2, 0) is 10.0 Å². The first-order valence-corrected chi connectivity index (χ1v) is 7.97. The summed E-state index contributed by atoms with van der Waals surface area (Å²) in [6.07, 6.45) is 0. The van der Waals surface area contributed by atoms with E-state index in [1.54, 1.807) is 12.1 Å². The molecule has 16 heavy (non-hydrogen) atoms. The number of thiophene rings is 1. The van der Waals surface area contributed by atoms with Gasteiger partial charge in [0.2, 0.25) is 0 Å². The number of nitrogens with two attached hydrogens (primary N) is 1. The third-order valence-electron chi connectivity index (χ3n) is 2.78. The van der Waals surface area contributed by atoms with Gasteiger partial charge in [0.1, 0.15) is 4.21 Å². The van der Waals surface area contributed by atoms with E-state index in [4.69, 9.17) is 5.73 Å². The number of hydrogen-bond acceptors (Lipinski definition) is 4. The van der Waals surface area contributed by atoms with E-state index in [0.717, 1.165) is 3.79 Å². The predicted molar refractivity (Wildman–Crippen MR) is 67.9 cm³/mol. The number of sulfonamides is 1. The first-order valence-electron chi connectivity index (χ1n) is 4.92. The van der Waals surface area contributed by atoms with Gasteiger partial charge in [0.15, 0.2) is 0 Å². The van der Waals surface area contributed by atoms with Crippen molar-refractivity contribution in [3.8, 4) is 0 Å². The maximum absolute atomic E-state index is 12.2. The van der Waals surface area contributed by atoms with Gasteiger partial charge in [-0.25, -0.2) is 8.42 Å². The van der Waals surface area contributed by atoms with Crippen molar-refractivity contribution < 1.29 is 8.42 Å². The molecule has 0 bridgehead atoms. The summed E-state index contributed by atoms with van der Waals surface area (Å²) in [5.74, 6) is 0.221. The molecule has 1 aromatic heterocycles. The summed E-state index contributed by atoms with van der Waals surface area (Å²) in [5, 5.41) is 0. The molecular weight excluding hydrogens is 312 g/mol. The highest BCUT2D eigenvalue weighted by molar-refractivity contribution is 9.11. The van der Waals surface area contributed by atoms with Gasteiger partial charge < -0.3 is 5.73 Å². The van der Waals surface area contributed by atoms with Gasteiger partial charge in [-0.05, 0) is 34.0 Å². The summed E-state index contributed by atoms with van der Waals surface area (Å²) < 4.78 is 27.1. The molecule has 0 amide bonds. The molecule has 0 aliphatic carbocycles. The van der Waals surface area contributed by atoms with E-state index in [9.17, 15) is 8.42 Å². The van der Waals surface area contributed by atoms with Crippen LogP contribution in [0.15, 0.2) is 20.1 Å². The number of rotatable bonds is 2. The van der Waals surface area contributed by atoms with Crippen molar-refractivity contribution in [3.05, 3.63) is 15.9 Å². The lowest BCUT2D eigenvalue weighted by molar-refractivity contribution is 0.466. The Hall–Kier alpha value is 0.0500. The smallest absolute Gasteiger partial charge is 0.252 e. The molecule has 4 nitrogen and oxygen atoms in total. The molecule has 2 N–H and O–H groups in total. The summed E-state index contributed by atoms with van der Waals surface area (Å²) in [5.41, 5.74) is 5.84. The summed E-state index contributed by atoms with van der Waals surface area (Å²) >= 11 is 4.50. The van der Waals surface area contributed by atoms with Crippen LogP contribution < -0.4 is 5.73 Å². The molecule has 0 aromatic carbocycles. The summed E-state index contributed by atoms with van der Waals surface area (Å²) in [4.78, 5) is 0. The van der Waals surface area contributed by atoms with Crippen LogP contribution in [0.4, 0.5) is 0 Å². The Labute approximate surface area is 108 Å². The first kappa shape index (κ1) is 12.5. The monoisotopic (exact) mass is 324 g/mol. The highest BCUT2D eigenvalue weighted by Crippen LogP contribution is 2.30. The minimum atomic E-state index is -3.34. The molecule has 0 radical (unpaired) electrons. The zero-order chi connectivity index (χ0) is 11.9. The van der Waals surface area contributed by atoms with Crippen LogP contribution in [0.25, 0.3) is 0 Å². The number of halogens is 1. The quantitative estimate of drug-likeness (QED) is 0.896. The summed E-state index contributed by atoms with van der Waals surface area (Å²) in [6, 6.07) is 3.31. The van der Waals surface area contributed by atoms with Crippen molar-refractivity contribution in [2.24, 2.45) is 11.7 Å². The molecule has 1 fully saturated rings. The van der Waals surface area contributed by atoms with Gasteiger partial charge in [-0.1, -0.05) is 6.92 Å². The average molecular weight is 325 g/mol. The van der Waals surface area contributed by atoms with Crippen LogP contribution in [0.1, 0.15) is 6.92 Å². The molecule has 0 saturated carbocycles. The van der Waals surface area contributed by atoms with Gasteiger partial charge in [-0.15, -0.1) is 11.3 Å². The van der Waals surface area contributed by atoms with Gasteiger partial charge in [0, 0.05) is 19.1 Å². The van der Waals surface area contributed by atoms with Crippen molar-refractivity contribution in [1.82, 2.24) is 4.31 Å². The topological polar surface area (TPSA) is 63.4 Å². The Morgan fingerprint density at radius 3 is 2.62 bits per heavy atom. The number of hydrogen-bond donors (Lipinski definition) is 1. The maximum atomic E-state index is 12.2. The molecule has 0 spiro atoms. The van der Waals surface area contributed by atoms with E-state index in [1.807, 2.05) is 6.92 Å². The van der Waals surface area contributed by atoms with Gasteiger partial charge in [0.25, 0.3) is 10.0 Å². The highest BCUT2D eigenvalue weighted by Gasteiger charge is 2.35. The van der Waals surface area contributed by atoms with Crippen LogP contribution >= 0.6 is 27.3 Å². The fourth-order valence-corrected chi connectivity index (χ4v) is 5.45. The second kappa shape index (κ2) is 4.38. The second-order valence-electron chi connectivity index (χ2n) is 4.02. The zero-order valence-electron chi connectivity index (χ0n) is 8.76. The molecule has 1 saturated heterocycles. The van der Waals surface area contributed by atoms with Crippen molar-refractivity contribution in [1.29, 1.82) is 0 Å². The summed E-state index contributed by atoms with van der Waals surface area (Å²) in [6.45, 7) is 2.91. The molecule has 2 unspecified atom stereocenters. The third-order valence-corrected chi connectivity index (χ3v) is 6.70. The SMILES string of the molecule is CC1CN(S(=O)(=O)c2ccc(Br)s2)CC1N. The first-order chi connectivity index (χ1) is 7.41. The Morgan fingerprint density at radius 2 is 2.19 bits per heavy atom. The van der Waals surface area contributed by atoms with E-state index in [0.29, 0.717) is 17.3 Å². The zero-order valence-corrected chi connectivity index (χ0v) is 12.0. The Kier molecular flexibility index (Phi) is 3.42. The predicted octanol–water partition coefficient (Wildman–Crippen LogP) is 1.48. The third kappa shape index (κ3) is 2.19. The van der Waals surface area contributed by atoms with Gasteiger partial charge >= 0.3 is 0 Å². The molecule has 1 aliphatic heterocycles. The number of nitrogens with zero attached hydrogens (tertiary/aromatic N) is 1. The van der Waals surface area contributed by atoms with Crippen LogP contribution in [0.5, 0.6) is 0 Å². The van der Waals surface area contributed by atoms with Crippen molar-refractivity contribution in [2.75, 3.05) is 13.1 Å². The van der Waals surface area contributed by atoms with Crippen LogP contribution in [0, 0.1) is 5.92 Å². The molecule has 1 aromatic rings. The van der Waals surface area contributed by atoms with Crippen molar-refractivity contribution in [3.63, 3.8) is 0 Å². The van der Waals surface area contributed by atoms with Crippen LogP contribution in [0.2, 0.25) is 0 Å². The Balaban J connectivity index is 2.27. The van der Waals surface area contributed by atoms with Gasteiger partial charge in [-0.3, -0.25) is 0 Å². The minimum Gasteiger partial charge on any atom is -0.326 e. The highest BCUT2D eigenvalue weighted by atomic mass is 79.9. The molecule has 2 atom stereocenters. The lowest BCUT2D eigenvalue weighted by Gasteiger charge is -2.14. The van der Waals surface area contributed by atoms with E-state index in [-0.39, 0.29) is 12.0 Å². The van der Waals surface area contributed by atoms with Crippen molar-refractivity contribution >= 4 is 37.3 Å². The standard InChI is InChI=1S/C9H13BrN2O2S2/c1-6-4-12(5-7(6)11)16(13,14)9-3-2-8(10)15-9/h2-3,6-7H,4-5,11H2,1H3. The summed E-state index contributed by atoms with van der Waals surface area (Å²) in [7, 11) is -3.34. The second-order valence-corrected chi connectivity index (χ2v) is 8.65. The molecule has 7 heteroatoms. The molecule has 2 heterocycles. The fraction of sp³-hybridized carbons (Fsp3) is 0.556. The maximum Gasteiger partial charge on any atom is 0.252 e. The lowest BCUT2D eigenvalue weighted by atomic mass is 10.1. The lowest BCUT2D eigenvalue weighted by Crippen LogP contribution is -2.31. The van der Waals surface area contributed by atoms with Crippen LogP contribution in [0.3, 0.4) is 0 Å². The van der Waals surface area contributed by atoms with E-state index in [2.05, 4.69) is 15.9 Å². The Bertz CT molecular complexity index is 475. The van der Waals surface area contributed by atoms with Crippen molar-refractivity contribution in [2.45, 2.75) is 17.2 Å². The van der Waals surface area contributed by atoms with Crippen LogP contribution in [-0.4, -0.2) is 31.9 Å². The van der Waals surface area contributed by atoms with E-state index >= 15 is 0 Å². The molecule has 2 rings (SSSR count). The Morgan fingerprint density at radius 1 is 1.50 bits per heavy atom. The van der Waals surface area contributed by atoms with E-state index < -0.39 is 10.0 Å². The molecule has 90 valence electrons. The fourth-order valence-electron chi connectivity index (χ4n) is 1.71. The van der Waals surface area contributed by atoms with Gasteiger partial charge in [-0.2, -0.15) is 4.31 Å². The minimum absolute atomic E-state index is 0.0572. The van der Waals surface area contributed by atoms with Gasteiger partial charge in [0.05, 0.1) is 3.79 Å². The molecular formula is C9H13BrN2O2S2.